The minimum absolute atomic E-state index is 0.0310. The first kappa shape index (κ1) is 63.8. The van der Waals surface area contributed by atoms with Gasteiger partial charge in [-0.05, 0) is 77.0 Å². The highest BCUT2D eigenvalue weighted by Crippen LogP contribution is 2.26. The van der Waals surface area contributed by atoms with Crippen LogP contribution in [-0.2, 0) is 38.3 Å². The van der Waals surface area contributed by atoms with Gasteiger partial charge >= 0.3 is 16.4 Å². The molecular formula is C55H98O12S. The van der Waals surface area contributed by atoms with E-state index in [2.05, 4.69) is 78.8 Å². The summed E-state index contributed by atoms with van der Waals surface area (Å²) in [6, 6.07) is 0. The number of hydrogen-bond acceptors (Lipinski definition) is 11. The van der Waals surface area contributed by atoms with Crippen molar-refractivity contribution >= 4 is 16.4 Å². The van der Waals surface area contributed by atoms with Crippen LogP contribution in [0.4, 0.5) is 0 Å². The molecule has 6 atom stereocenters. The second-order valence-electron chi connectivity index (χ2n) is 18.4. The van der Waals surface area contributed by atoms with Crippen LogP contribution in [0.1, 0.15) is 219 Å². The maximum Gasteiger partial charge on any atom is 0.397 e. The molecule has 1 aliphatic rings. The molecule has 1 aliphatic heterocycles. The molecule has 12 nitrogen and oxygen atoms in total. The Morgan fingerprint density at radius 1 is 0.574 bits per heavy atom. The van der Waals surface area contributed by atoms with Crippen LogP contribution >= 0.6 is 0 Å². The Labute approximate surface area is 414 Å². The van der Waals surface area contributed by atoms with E-state index in [4.69, 9.17) is 18.9 Å². The third-order valence-electron chi connectivity index (χ3n) is 12.1. The zero-order valence-electron chi connectivity index (χ0n) is 42.7. The van der Waals surface area contributed by atoms with Gasteiger partial charge in [-0.3, -0.25) is 9.35 Å². The molecule has 0 aromatic heterocycles. The predicted octanol–water partition coefficient (Wildman–Crippen LogP) is 12.9. The van der Waals surface area contributed by atoms with Crippen molar-refractivity contribution in [3.05, 3.63) is 60.8 Å². The van der Waals surface area contributed by atoms with Crippen molar-refractivity contribution in [1.29, 1.82) is 0 Å². The molecule has 0 aliphatic carbocycles. The van der Waals surface area contributed by atoms with E-state index in [9.17, 15) is 33.1 Å². The van der Waals surface area contributed by atoms with Crippen LogP contribution in [0.15, 0.2) is 60.8 Å². The van der Waals surface area contributed by atoms with Crippen LogP contribution < -0.4 is 0 Å². The molecule has 13 heteroatoms. The first-order valence-electron chi connectivity index (χ1n) is 27.0. The lowest BCUT2D eigenvalue weighted by Crippen LogP contribution is -2.60. The van der Waals surface area contributed by atoms with Gasteiger partial charge in [0.05, 0.1) is 19.8 Å². The number of aliphatic hydroxyl groups excluding tert-OH is 3. The lowest BCUT2D eigenvalue weighted by molar-refractivity contribution is -0.301. The molecule has 1 saturated heterocycles. The summed E-state index contributed by atoms with van der Waals surface area (Å²) in [4.78, 5) is 12.9. The van der Waals surface area contributed by atoms with Gasteiger partial charge in [-0.2, -0.15) is 8.42 Å². The lowest BCUT2D eigenvalue weighted by Gasteiger charge is -2.41. The summed E-state index contributed by atoms with van der Waals surface area (Å²) in [5.74, 6) is -0.405. The van der Waals surface area contributed by atoms with Crippen LogP contribution in [0, 0.1) is 0 Å². The van der Waals surface area contributed by atoms with Gasteiger partial charge in [0.2, 0.25) is 0 Å². The summed E-state index contributed by atoms with van der Waals surface area (Å²) in [5.41, 5.74) is 0. The van der Waals surface area contributed by atoms with E-state index in [0.29, 0.717) is 13.0 Å². The number of allylic oxidation sites excluding steroid dienone is 10. The number of carbonyl (C=O) groups is 1. The molecule has 0 saturated carbocycles. The van der Waals surface area contributed by atoms with E-state index < -0.39 is 59.8 Å². The van der Waals surface area contributed by atoms with Crippen molar-refractivity contribution in [2.75, 3.05) is 26.4 Å². The Hall–Kier alpha value is -2.20. The van der Waals surface area contributed by atoms with Crippen molar-refractivity contribution in [1.82, 2.24) is 0 Å². The minimum Gasteiger partial charge on any atom is -0.457 e. The van der Waals surface area contributed by atoms with Crippen molar-refractivity contribution in [3.8, 4) is 0 Å². The van der Waals surface area contributed by atoms with Crippen molar-refractivity contribution < 1.29 is 56.2 Å². The van der Waals surface area contributed by atoms with E-state index in [0.717, 1.165) is 77.0 Å². The number of ether oxygens (including phenoxy) is 4. The van der Waals surface area contributed by atoms with Gasteiger partial charge in [-0.25, -0.2) is 4.18 Å². The SMILES string of the molecule is CC/C=C\C/C=C\C/C=C\C/C=C\CCCCCCCCCCCCCOCC(COC1OC(CO)C(O)C(OS(=O)(=O)O)C1O)OC(=O)CCCCCCCCC/C=C\CCCCCCCC. The highest BCUT2D eigenvalue weighted by molar-refractivity contribution is 7.80. The predicted molar refractivity (Wildman–Crippen MR) is 276 cm³/mol. The molecule has 68 heavy (non-hydrogen) atoms. The van der Waals surface area contributed by atoms with Gasteiger partial charge in [0.1, 0.15) is 30.5 Å². The van der Waals surface area contributed by atoms with Crippen molar-refractivity contribution in [2.45, 2.75) is 256 Å². The molecule has 0 aromatic carbocycles. The molecule has 1 fully saturated rings. The number of esters is 1. The first-order valence-corrected chi connectivity index (χ1v) is 28.4. The molecular weight excluding hydrogens is 885 g/mol. The molecule has 396 valence electrons. The number of hydrogen-bond donors (Lipinski definition) is 4. The third kappa shape index (κ3) is 38.5. The smallest absolute Gasteiger partial charge is 0.397 e. The third-order valence-corrected chi connectivity index (χ3v) is 12.6. The number of unbranched alkanes of at least 4 members (excludes halogenated alkanes) is 24. The van der Waals surface area contributed by atoms with Crippen molar-refractivity contribution in [2.24, 2.45) is 0 Å². The highest BCUT2D eigenvalue weighted by Gasteiger charge is 2.48. The Morgan fingerprint density at radius 3 is 1.50 bits per heavy atom. The summed E-state index contributed by atoms with van der Waals surface area (Å²) >= 11 is 0. The van der Waals surface area contributed by atoms with Crippen molar-refractivity contribution in [3.63, 3.8) is 0 Å². The maximum atomic E-state index is 12.9. The summed E-state index contributed by atoms with van der Waals surface area (Å²) < 4.78 is 59.3. The number of rotatable bonds is 47. The molecule has 0 bridgehead atoms. The van der Waals surface area contributed by atoms with E-state index in [-0.39, 0.29) is 19.6 Å². The Bertz CT molecular complexity index is 1410. The fourth-order valence-electron chi connectivity index (χ4n) is 8.07. The Kier molecular flexibility index (Phi) is 43.1. The fraction of sp³-hybridized carbons (Fsp3) is 0.800. The monoisotopic (exact) mass is 983 g/mol. The van der Waals surface area contributed by atoms with Crippen LogP contribution in [0.3, 0.4) is 0 Å². The molecule has 0 aromatic rings. The fourth-order valence-corrected chi connectivity index (χ4v) is 8.58. The summed E-state index contributed by atoms with van der Waals surface area (Å²) in [7, 11) is -5.07. The Morgan fingerprint density at radius 2 is 1.01 bits per heavy atom. The second kappa shape index (κ2) is 45.9. The maximum absolute atomic E-state index is 12.9. The molecule has 6 unspecified atom stereocenters. The average molecular weight is 983 g/mol. The highest BCUT2D eigenvalue weighted by atomic mass is 32.3. The minimum atomic E-state index is -5.07. The lowest BCUT2D eigenvalue weighted by atomic mass is 9.99. The topological polar surface area (TPSA) is 178 Å². The number of carbonyl (C=O) groups excluding carboxylic acids is 1. The Balaban J connectivity index is 2.32. The van der Waals surface area contributed by atoms with Gasteiger partial charge in [-0.1, -0.05) is 197 Å². The van der Waals surface area contributed by atoms with Gasteiger partial charge in [0.15, 0.2) is 6.29 Å². The van der Waals surface area contributed by atoms with Crippen LogP contribution in [0.25, 0.3) is 0 Å². The van der Waals surface area contributed by atoms with Crippen LogP contribution in [0.2, 0.25) is 0 Å². The largest absolute Gasteiger partial charge is 0.457 e. The van der Waals surface area contributed by atoms with Gasteiger partial charge in [-0.15, -0.1) is 0 Å². The molecule has 0 spiro atoms. The molecule has 1 heterocycles. The first-order chi connectivity index (χ1) is 33.1. The summed E-state index contributed by atoms with van der Waals surface area (Å²) in [5, 5.41) is 30.8. The van der Waals surface area contributed by atoms with Crippen LogP contribution in [0.5, 0.6) is 0 Å². The molecule has 1 rings (SSSR count). The second-order valence-corrected chi connectivity index (χ2v) is 19.5. The summed E-state index contributed by atoms with van der Waals surface area (Å²) in [6.07, 6.45) is 49.6. The zero-order chi connectivity index (χ0) is 49.6. The summed E-state index contributed by atoms with van der Waals surface area (Å²) in [6.45, 7) is 3.88. The molecule has 4 N–H and O–H groups in total. The van der Waals surface area contributed by atoms with E-state index in [1.165, 1.54) is 116 Å². The average Bonchev–Trinajstić information content (AvgIpc) is 3.31. The molecule has 0 radical (unpaired) electrons. The quantitative estimate of drug-likeness (QED) is 0.0197. The van der Waals surface area contributed by atoms with Crippen LogP contribution in [-0.4, -0.2) is 97.5 Å². The number of aliphatic hydroxyl groups is 3. The van der Waals surface area contributed by atoms with Gasteiger partial charge < -0.3 is 34.3 Å². The van der Waals surface area contributed by atoms with E-state index >= 15 is 0 Å². The zero-order valence-corrected chi connectivity index (χ0v) is 43.5. The molecule has 0 amide bonds. The van der Waals surface area contributed by atoms with Gasteiger partial charge in [0, 0.05) is 13.0 Å². The van der Waals surface area contributed by atoms with E-state index in [1.807, 2.05) is 0 Å². The van der Waals surface area contributed by atoms with Gasteiger partial charge in [0.25, 0.3) is 0 Å². The normalized spacial score (nSPS) is 19.8. The van der Waals surface area contributed by atoms with E-state index in [1.54, 1.807) is 0 Å². The standard InChI is InChI=1S/C55H98O12S/c1-3-5-7-9-11-13-15-17-19-21-22-23-24-25-26-27-29-31-33-35-37-39-41-43-45-63-47-49(48-64-55-53(59)54(67-68(60,61)62)52(58)50(46-56)66-55)65-51(57)44-42-40-38-36-34-32-30-28-20-18-16-14-12-10-8-6-4-2/h5,7,11,13,17-20,22-23,49-50,52-56,58-59H,3-4,6,8-10,12,14-16,21,24-48H2,1-2H3,(H,60,61,62)/b7-5-,13-11-,19-17-,20-18-,23-22-.